The maximum Gasteiger partial charge on any atom is 0.412 e. The van der Waals surface area contributed by atoms with Gasteiger partial charge in [-0.05, 0) is 42.1 Å². The fraction of sp³-hybridized carbons (Fsp3) is 0.345. The van der Waals surface area contributed by atoms with Gasteiger partial charge in [-0.2, -0.15) is 0 Å². The van der Waals surface area contributed by atoms with Gasteiger partial charge in [0.05, 0.1) is 6.04 Å². The first-order valence-electron chi connectivity index (χ1n) is 13.7. The van der Waals surface area contributed by atoms with Gasteiger partial charge >= 0.3 is 18.2 Å². The molecule has 4 rings (SSSR count). The van der Waals surface area contributed by atoms with Crippen LogP contribution in [0, 0.1) is 17.5 Å². The highest BCUT2D eigenvalue weighted by atomic mass is 19.2. The van der Waals surface area contributed by atoms with Crippen LogP contribution in [0.25, 0.3) is 10.8 Å². The second kappa shape index (κ2) is 14.4. The average Bonchev–Trinajstić information content (AvgIpc) is 3.01. The lowest BCUT2D eigenvalue weighted by atomic mass is 10.1. The lowest BCUT2D eigenvalue weighted by Crippen LogP contribution is -2.50. The molecule has 2 aromatic carbocycles. The molecule has 44 heavy (non-hydrogen) atoms. The summed E-state index contributed by atoms with van der Waals surface area (Å²) in [4.78, 5) is 57.6. The number of fused-ring (bicyclic) bond motifs is 1. The van der Waals surface area contributed by atoms with Crippen LogP contribution >= 0.6 is 0 Å². The van der Waals surface area contributed by atoms with Crippen molar-refractivity contribution in [2.45, 2.75) is 25.4 Å². The summed E-state index contributed by atoms with van der Waals surface area (Å²) in [7, 11) is 1.40. The molecule has 12 nitrogen and oxygen atoms in total. The topological polar surface area (TPSA) is 144 Å². The number of halogens is 3. The number of amides is 5. The van der Waals surface area contributed by atoms with Crippen LogP contribution in [0.5, 0.6) is 0 Å². The SMILES string of the molecule is CN(C(=O)NCc1cccc(F)c1F)[C@@H](CCC(=O)N1CCN(C(=O)O)CC1)COC(=O)Nc1cc2cc(F)ccc2cn1. The zero-order chi connectivity index (χ0) is 31.8. The van der Waals surface area contributed by atoms with Crippen molar-refractivity contribution in [3.05, 3.63) is 71.7 Å². The molecule has 0 unspecified atom stereocenters. The Hall–Kier alpha value is -5.08. The van der Waals surface area contributed by atoms with E-state index in [9.17, 15) is 32.3 Å². The molecule has 2 heterocycles. The molecule has 3 aromatic rings. The number of pyridine rings is 1. The number of hydrogen-bond donors (Lipinski definition) is 3. The number of aromatic nitrogens is 1. The molecule has 1 saturated heterocycles. The number of carbonyl (C=O) groups excluding carboxylic acids is 3. The predicted octanol–water partition coefficient (Wildman–Crippen LogP) is 4.01. The highest BCUT2D eigenvalue weighted by Gasteiger charge is 2.27. The number of benzene rings is 2. The van der Waals surface area contributed by atoms with Crippen molar-refractivity contribution in [2.24, 2.45) is 0 Å². The van der Waals surface area contributed by atoms with Crippen LogP contribution < -0.4 is 10.6 Å². The van der Waals surface area contributed by atoms with E-state index in [0.29, 0.717) is 10.8 Å². The van der Waals surface area contributed by atoms with Crippen LogP contribution in [0.15, 0.2) is 48.7 Å². The summed E-state index contributed by atoms with van der Waals surface area (Å²) in [6.45, 7) is 0.109. The van der Waals surface area contributed by atoms with Crippen molar-refractivity contribution in [3.8, 4) is 0 Å². The van der Waals surface area contributed by atoms with E-state index in [0.717, 1.165) is 6.07 Å². The van der Waals surface area contributed by atoms with Gasteiger partial charge in [0.2, 0.25) is 5.91 Å². The lowest BCUT2D eigenvalue weighted by Gasteiger charge is -2.34. The Kier molecular flexibility index (Phi) is 10.4. The monoisotopic (exact) mass is 616 g/mol. The highest BCUT2D eigenvalue weighted by Crippen LogP contribution is 2.19. The third-order valence-electron chi connectivity index (χ3n) is 7.24. The molecule has 1 aromatic heterocycles. The molecule has 234 valence electrons. The molecule has 1 atom stereocenters. The minimum atomic E-state index is -1.09. The number of carbonyl (C=O) groups is 4. The first-order valence-corrected chi connectivity index (χ1v) is 13.7. The Morgan fingerprint density at radius 3 is 2.48 bits per heavy atom. The number of anilines is 1. The second-order valence-electron chi connectivity index (χ2n) is 10.1. The van der Waals surface area contributed by atoms with Crippen molar-refractivity contribution in [1.29, 1.82) is 0 Å². The van der Waals surface area contributed by atoms with Crippen LogP contribution in [0.3, 0.4) is 0 Å². The number of carboxylic acid groups (broad SMARTS) is 1. The van der Waals surface area contributed by atoms with Gasteiger partial charge in [-0.3, -0.25) is 10.1 Å². The number of nitrogens with zero attached hydrogens (tertiary/aromatic N) is 4. The Labute approximate surface area is 250 Å². The molecule has 15 heteroatoms. The number of piperazine rings is 1. The van der Waals surface area contributed by atoms with Gasteiger partial charge in [-0.25, -0.2) is 32.5 Å². The van der Waals surface area contributed by atoms with Gasteiger partial charge in [0.1, 0.15) is 18.2 Å². The number of nitrogens with one attached hydrogen (secondary N) is 2. The molecule has 0 bridgehead atoms. The molecular weight excluding hydrogens is 585 g/mol. The first-order chi connectivity index (χ1) is 21.0. The average molecular weight is 617 g/mol. The maximum absolute atomic E-state index is 14.1. The summed E-state index contributed by atoms with van der Waals surface area (Å²) in [6, 6.07) is 7.65. The zero-order valence-corrected chi connectivity index (χ0v) is 23.8. The van der Waals surface area contributed by atoms with Crippen molar-refractivity contribution >= 4 is 40.7 Å². The molecule has 1 aliphatic rings. The molecular formula is C29H31F3N6O6. The molecule has 0 spiro atoms. The number of likely N-dealkylation sites (N-methyl/N-ethyl adjacent to an activating group) is 1. The Morgan fingerprint density at radius 2 is 1.75 bits per heavy atom. The van der Waals surface area contributed by atoms with Gasteiger partial charge in [-0.15, -0.1) is 0 Å². The van der Waals surface area contributed by atoms with Crippen molar-refractivity contribution in [1.82, 2.24) is 25.0 Å². The van der Waals surface area contributed by atoms with E-state index in [-0.39, 0.29) is 69.5 Å². The Bertz CT molecular complexity index is 1530. The fourth-order valence-corrected chi connectivity index (χ4v) is 4.62. The zero-order valence-electron chi connectivity index (χ0n) is 23.8. The van der Waals surface area contributed by atoms with Gasteiger partial charge < -0.3 is 29.9 Å². The molecule has 3 N–H and O–H groups in total. The minimum Gasteiger partial charge on any atom is -0.465 e. The second-order valence-corrected chi connectivity index (χ2v) is 10.1. The Morgan fingerprint density at radius 1 is 1.02 bits per heavy atom. The third kappa shape index (κ3) is 8.26. The highest BCUT2D eigenvalue weighted by molar-refractivity contribution is 5.89. The first kappa shape index (κ1) is 31.8. The van der Waals surface area contributed by atoms with E-state index in [1.165, 1.54) is 58.3 Å². The summed E-state index contributed by atoms with van der Waals surface area (Å²) in [5, 5.41) is 15.2. The fourth-order valence-electron chi connectivity index (χ4n) is 4.62. The van der Waals surface area contributed by atoms with Gasteiger partial charge in [0.15, 0.2) is 11.6 Å². The van der Waals surface area contributed by atoms with E-state index in [1.54, 1.807) is 6.07 Å². The van der Waals surface area contributed by atoms with Crippen molar-refractivity contribution in [3.63, 3.8) is 0 Å². The van der Waals surface area contributed by atoms with E-state index in [4.69, 9.17) is 9.84 Å². The van der Waals surface area contributed by atoms with Crippen LogP contribution in [0.2, 0.25) is 0 Å². The molecule has 1 fully saturated rings. The van der Waals surface area contributed by atoms with E-state index >= 15 is 0 Å². The van der Waals surface area contributed by atoms with Crippen LogP contribution in [0.1, 0.15) is 18.4 Å². The van der Waals surface area contributed by atoms with Crippen molar-refractivity contribution < 1.29 is 42.2 Å². The van der Waals surface area contributed by atoms with E-state index in [2.05, 4.69) is 15.6 Å². The number of hydrogen-bond acceptors (Lipinski definition) is 6. The van der Waals surface area contributed by atoms with Crippen LogP contribution in [-0.4, -0.2) is 94.8 Å². The quantitative estimate of drug-likeness (QED) is 0.330. The molecule has 5 amide bonds. The van der Waals surface area contributed by atoms with Gasteiger partial charge in [0, 0.05) is 63.3 Å². The summed E-state index contributed by atoms with van der Waals surface area (Å²) >= 11 is 0. The minimum absolute atomic E-state index is 0.0450. The number of rotatable bonds is 9. The van der Waals surface area contributed by atoms with Crippen molar-refractivity contribution in [2.75, 3.05) is 45.2 Å². The third-order valence-corrected chi connectivity index (χ3v) is 7.24. The molecule has 0 saturated carbocycles. The summed E-state index contributed by atoms with van der Waals surface area (Å²) in [5.41, 5.74) is -0.0719. The van der Waals surface area contributed by atoms with Crippen LogP contribution in [-0.2, 0) is 16.1 Å². The van der Waals surface area contributed by atoms with Crippen LogP contribution in [0.4, 0.5) is 33.4 Å². The maximum atomic E-state index is 14.1. The van der Waals surface area contributed by atoms with E-state index in [1.807, 2.05) is 0 Å². The largest absolute Gasteiger partial charge is 0.465 e. The lowest BCUT2D eigenvalue weighted by molar-refractivity contribution is -0.133. The molecule has 0 aliphatic carbocycles. The number of urea groups is 1. The van der Waals surface area contributed by atoms with Gasteiger partial charge in [-0.1, -0.05) is 12.1 Å². The van der Waals surface area contributed by atoms with Gasteiger partial charge in [0.25, 0.3) is 0 Å². The predicted molar refractivity (Wildman–Crippen MR) is 152 cm³/mol. The standard InChI is InChI=1S/C29H31F3N6O6/c1-36(27(40)34-16-19-3-2-4-23(31)26(19)32)22(7-8-25(39)37-9-11-38(12-10-37)29(42)43)17-44-28(41)35-24-14-20-13-21(30)6-5-18(20)15-33-24/h2-6,13-15,22H,7-12,16-17H2,1H3,(H,34,40)(H,42,43)(H,33,35,41)/t22-/m0/s1. The summed E-state index contributed by atoms with van der Waals surface area (Å²) < 4.78 is 46.6. The smallest absolute Gasteiger partial charge is 0.412 e. The normalized spacial score (nSPS) is 13.7. The molecule has 0 radical (unpaired) electrons. The Balaban J connectivity index is 1.38. The molecule has 1 aliphatic heterocycles. The van der Waals surface area contributed by atoms with E-state index < -0.39 is 41.7 Å². The number of ether oxygens (including phenoxy) is 1. The summed E-state index contributed by atoms with van der Waals surface area (Å²) in [6.07, 6.45) is -0.503. The summed E-state index contributed by atoms with van der Waals surface area (Å²) in [5.74, 6) is -2.78.